The predicted octanol–water partition coefficient (Wildman–Crippen LogP) is 0.456. The van der Waals surface area contributed by atoms with Crippen LogP contribution in [-0.4, -0.2) is 31.7 Å². The molecule has 1 aliphatic carbocycles. The van der Waals surface area contributed by atoms with Gasteiger partial charge in [-0.2, -0.15) is 0 Å². The zero-order chi connectivity index (χ0) is 11.6. The molecule has 90 valence electrons. The van der Waals surface area contributed by atoms with Crippen molar-refractivity contribution in [3.8, 4) is 0 Å². The van der Waals surface area contributed by atoms with Gasteiger partial charge in [0.15, 0.2) is 0 Å². The molecule has 0 amide bonds. The molecule has 1 aliphatic rings. The number of aromatic nitrogens is 1. The molecule has 0 aromatic carbocycles. The fraction of sp³-hybridized carbons (Fsp3) is 0.600. The van der Waals surface area contributed by atoms with Crippen molar-refractivity contribution in [2.24, 2.45) is 5.41 Å². The van der Waals surface area contributed by atoms with Crippen molar-refractivity contribution in [3.05, 3.63) is 18.5 Å². The summed E-state index contributed by atoms with van der Waals surface area (Å²) >= 11 is 0. The van der Waals surface area contributed by atoms with E-state index in [1.807, 2.05) is 0 Å². The van der Waals surface area contributed by atoms with Crippen molar-refractivity contribution >= 4 is 10.0 Å². The Labute approximate surface area is 94.9 Å². The molecule has 5 nitrogen and oxygen atoms in total. The molecule has 1 heterocycles. The molecule has 1 aromatic rings. The molecule has 0 aliphatic heterocycles. The minimum Gasteiger partial charge on any atom is -0.396 e. The van der Waals surface area contributed by atoms with E-state index >= 15 is 0 Å². The van der Waals surface area contributed by atoms with Crippen LogP contribution >= 0.6 is 0 Å². The summed E-state index contributed by atoms with van der Waals surface area (Å²) in [6, 6.07) is 1.52. The summed E-state index contributed by atoms with van der Waals surface area (Å²) in [4.78, 5) is 2.97. The summed E-state index contributed by atoms with van der Waals surface area (Å²) in [5.74, 6) is 0. The lowest BCUT2D eigenvalue weighted by molar-refractivity contribution is 0.249. The number of hydrogen-bond acceptors (Lipinski definition) is 3. The first kappa shape index (κ1) is 11.6. The van der Waals surface area contributed by atoms with Crippen LogP contribution in [0.2, 0.25) is 0 Å². The van der Waals surface area contributed by atoms with Gasteiger partial charge in [-0.05, 0) is 30.7 Å². The molecule has 0 bridgehead atoms. The van der Waals surface area contributed by atoms with Crippen molar-refractivity contribution in [2.45, 2.75) is 24.2 Å². The van der Waals surface area contributed by atoms with Gasteiger partial charge in [0, 0.05) is 25.5 Å². The topological polar surface area (TPSA) is 82.2 Å². The lowest BCUT2D eigenvalue weighted by atomic mass is 10.0. The van der Waals surface area contributed by atoms with Crippen LogP contribution in [-0.2, 0) is 10.0 Å². The summed E-state index contributed by atoms with van der Waals surface area (Å²) in [5, 5.41) is 8.87. The van der Waals surface area contributed by atoms with E-state index in [9.17, 15) is 8.42 Å². The Hall–Kier alpha value is -0.850. The molecule has 0 spiro atoms. The third-order valence-corrected chi connectivity index (χ3v) is 4.52. The molecule has 6 heteroatoms. The molecule has 16 heavy (non-hydrogen) atoms. The van der Waals surface area contributed by atoms with Crippen LogP contribution in [0.4, 0.5) is 0 Å². The molecule has 0 saturated heterocycles. The van der Waals surface area contributed by atoms with E-state index < -0.39 is 10.0 Å². The van der Waals surface area contributed by atoms with Gasteiger partial charge < -0.3 is 10.1 Å². The van der Waals surface area contributed by atoms with Gasteiger partial charge in [-0.25, -0.2) is 13.1 Å². The standard InChI is InChI=1S/C10H16N2O3S/c13-6-4-10(2-3-10)8-12-16(14,15)9-1-5-11-7-9/h1,5,7,11-13H,2-4,6,8H2. The fourth-order valence-corrected chi connectivity index (χ4v) is 2.87. The third kappa shape index (κ3) is 2.45. The van der Waals surface area contributed by atoms with E-state index in [1.54, 1.807) is 6.20 Å². The first-order valence-electron chi connectivity index (χ1n) is 5.31. The van der Waals surface area contributed by atoms with E-state index in [0.29, 0.717) is 13.0 Å². The Balaban J connectivity index is 1.96. The van der Waals surface area contributed by atoms with Gasteiger partial charge in [-0.3, -0.25) is 0 Å². The normalized spacial score (nSPS) is 18.6. The van der Waals surface area contributed by atoms with Crippen LogP contribution < -0.4 is 4.72 Å². The van der Waals surface area contributed by atoms with E-state index in [2.05, 4.69) is 9.71 Å². The Bertz CT molecular complexity index is 435. The van der Waals surface area contributed by atoms with Gasteiger partial charge in [-0.1, -0.05) is 0 Å². The Kier molecular flexibility index (Phi) is 3.05. The summed E-state index contributed by atoms with van der Waals surface area (Å²) < 4.78 is 26.1. The fourth-order valence-electron chi connectivity index (χ4n) is 1.74. The molecule has 1 saturated carbocycles. The highest BCUT2D eigenvalue weighted by molar-refractivity contribution is 7.89. The summed E-state index contributed by atoms with van der Waals surface area (Å²) in [6.07, 6.45) is 5.68. The van der Waals surface area contributed by atoms with Gasteiger partial charge in [-0.15, -0.1) is 0 Å². The van der Waals surface area contributed by atoms with Gasteiger partial charge >= 0.3 is 0 Å². The monoisotopic (exact) mass is 244 g/mol. The lowest BCUT2D eigenvalue weighted by Crippen LogP contribution is -2.30. The average molecular weight is 244 g/mol. The van der Waals surface area contributed by atoms with E-state index in [1.165, 1.54) is 12.3 Å². The SMILES string of the molecule is O=S(=O)(NCC1(CCO)CC1)c1cc[nH]c1. The molecular formula is C10H16N2O3S. The molecule has 0 atom stereocenters. The predicted molar refractivity (Wildman–Crippen MR) is 59.4 cm³/mol. The second-order valence-corrected chi connectivity index (χ2v) is 6.11. The molecule has 2 rings (SSSR count). The summed E-state index contributed by atoms with van der Waals surface area (Å²) in [7, 11) is -3.39. The van der Waals surface area contributed by atoms with Crippen molar-refractivity contribution in [3.63, 3.8) is 0 Å². The van der Waals surface area contributed by atoms with E-state index in [0.717, 1.165) is 12.8 Å². The van der Waals surface area contributed by atoms with Crippen molar-refractivity contribution in [1.82, 2.24) is 9.71 Å². The van der Waals surface area contributed by atoms with Crippen LogP contribution in [0, 0.1) is 5.41 Å². The minimum absolute atomic E-state index is 0.00186. The second kappa shape index (κ2) is 4.20. The summed E-state index contributed by atoms with van der Waals surface area (Å²) in [6.45, 7) is 0.535. The first-order chi connectivity index (χ1) is 7.58. The van der Waals surface area contributed by atoms with E-state index in [4.69, 9.17) is 5.11 Å². The maximum absolute atomic E-state index is 11.8. The zero-order valence-electron chi connectivity index (χ0n) is 8.94. The Morgan fingerprint density at radius 1 is 1.50 bits per heavy atom. The van der Waals surface area contributed by atoms with Gasteiger partial charge in [0.05, 0.1) is 4.90 Å². The van der Waals surface area contributed by atoms with Crippen molar-refractivity contribution < 1.29 is 13.5 Å². The number of aliphatic hydroxyl groups is 1. The largest absolute Gasteiger partial charge is 0.396 e. The maximum Gasteiger partial charge on any atom is 0.242 e. The third-order valence-electron chi connectivity index (χ3n) is 3.12. The summed E-state index contributed by atoms with van der Waals surface area (Å²) in [5.41, 5.74) is -0.00186. The molecule has 1 fully saturated rings. The average Bonchev–Trinajstić information content (AvgIpc) is 2.81. The van der Waals surface area contributed by atoms with Crippen LogP contribution in [0.5, 0.6) is 0 Å². The van der Waals surface area contributed by atoms with Crippen molar-refractivity contribution in [1.29, 1.82) is 0 Å². The van der Waals surface area contributed by atoms with E-state index in [-0.39, 0.29) is 16.9 Å². The maximum atomic E-state index is 11.8. The van der Waals surface area contributed by atoms with Crippen LogP contribution in [0.25, 0.3) is 0 Å². The number of hydrogen-bond donors (Lipinski definition) is 3. The highest BCUT2D eigenvalue weighted by Gasteiger charge is 2.42. The number of aromatic amines is 1. The van der Waals surface area contributed by atoms with Crippen LogP contribution in [0.1, 0.15) is 19.3 Å². The lowest BCUT2D eigenvalue weighted by Gasteiger charge is -2.14. The van der Waals surface area contributed by atoms with Gasteiger partial charge in [0.1, 0.15) is 0 Å². The molecule has 0 radical (unpaired) electrons. The number of H-pyrrole nitrogens is 1. The zero-order valence-corrected chi connectivity index (χ0v) is 9.76. The van der Waals surface area contributed by atoms with Gasteiger partial charge in [0.2, 0.25) is 10.0 Å². The molecule has 0 unspecified atom stereocenters. The molecule has 1 aromatic heterocycles. The van der Waals surface area contributed by atoms with Crippen molar-refractivity contribution in [2.75, 3.05) is 13.2 Å². The number of nitrogens with one attached hydrogen (secondary N) is 2. The second-order valence-electron chi connectivity index (χ2n) is 4.34. The number of aliphatic hydroxyl groups excluding tert-OH is 1. The van der Waals surface area contributed by atoms with Crippen LogP contribution in [0.3, 0.4) is 0 Å². The quantitative estimate of drug-likeness (QED) is 0.679. The van der Waals surface area contributed by atoms with Gasteiger partial charge in [0.25, 0.3) is 0 Å². The highest BCUT2D eigenvalue weighted by atomic mass is 32.2. The van der Waals surface area contributed by atoms with Crippen LogP contribution in [0.15, 0.2) is 23.4 Å². The Morgan fingerprint density at radius 3 is 2.75 bits per heavy atom. The number of rotatable bonds is 6. The highest BCUT2D eigenvalue weighted by Crippen LogP contribution is 2.48. The number of sulfonamides is 1. The first-order valence-corrected chi connectivity index (χ1v) is 6.80. The Morgan fingerprint density at radius 2 is 2.25 bits per heavy atom. The smallest absolute Gasteiger partial charge is 0.242 e. The molecular weight excluding hydrogens is 228 g/mol. The minimum atomic E-state index is -3.39. The molecule has 3 N–H and O–H groups in total.